The third kappa shape index (κ3) is 2.05. The molecule has 1 aromatic carbocycles. The van der Waals surface area contributed by atoms with Crippen LogP contribution in [0.3, 0.4) is 0 Å². The monoisotopic (exact) mass is 259 g/mol. The molecule has 3 rings (SSSR count). The molecule has 1 N–H and O–H groups in total. The first kappa shape index (κ1) is 11.1. The lowest BCUT2D eigenvalue weighted by molar-refractivity contribution is -0.113. The molecule has 0 radical (unpaired) electrons. The number of nitrogens with one attached hydrogen (secondary N) is 1. The van der Waals surface area contributed by atoms with E-state index >= 15 is 0 Å². The number of amides is 1. The Morgan fingerprint density at radius 1 is 1.33 bits per heavy atom. The van der Waals surface area contributed by atoms with Gasteiger partial charge in [0.05, 0.1) is 6.26 Å². The van der Waals surface area contributed by atoms with Crippen molar-refractivity contribution < 1.29 is 9.21 Å². The van der Waals surface area contributed by atoms with E-state index in [1.165, 1.54) is 0 Å². The van der Waals surface area contributed by atoms with Crippen LogP contribution < -0.4 is 5.32 Å². The maximum atomic E-state index is 11.9. The van der Waals surface area contributed by atoms with Crippen LogP contribution in [-0.2, 0) is 11.2 Å². The van der Waals surface area contributed by atoms with E-state index in [4.69, 9.17) is 16.0 Å². The fourth-order valence-corrected chi connectivity index (χ4v) is 2.17. The standard InChI is InChI=1S/C14H10ClNO2/c15-11-3-4-13-9(7-11)6-10(14(17)16-13)8-12-2-1-5-18-12/h1-5,7-8H,6H2,(H,16,17)/b10-8+. The number of benzene rings is 1. The number of hydrogen-bond donors (Lipinski definition) is 1. The summed E-state index contributed by atoms with van der Waals surface area (Å²) in [5.41, 5.74) is 2.50. The molecular formula is C14H10ClNO2. The van der Waals surface area contributed by atoms with Gasteiger partial charge in [0.2, 0.25) is 0 Å². The van der Waals surface area contributed by atoms with E-state index in [1.807, 2.05) is 18.2 Å². The summed E-state index contributed by atoms with van der Waals surface area (Å²) in [4.78, 5) is 11.9. The molecule has 0 atom stereocenters. The van der Waals surface area contributed by atoms with Gasteiger partial charge in [-0.3, -0.25) is 4.79 Å². The first-order chi connectivity index (χ1) is 8.72. The highest BCUT2D eigenvalue weighted by molar-refractivity contribution is 6.30. The van der Waals surface area contributed by atoms with Crippen molar-refractivity contribution >= 4 is 29.3 Å². The molecule has 0 aliphatic carbocycles. The van der Waals surface area contributed by atoms with Gasteiger partial charge in [0, 0.05) is 22.7 Å². The van der Waals surface area contributed by atoms with E-state index in [2.05, 4.69) is 5.32 Å². The highest BCUT2D eigenvalue weighted by Gasteiger charge is 2.20. The molecule has 1 aliphatic heterocycles. The molecule has 90 valence electrons. The molecule has 1 amide bonds. The maximum Gasteiger partial charge on any atom is 0.252 e. The van der Waals surface area contributed by atoms with Crippen molar-refractivity contribution in [3.05, 3.63) is 58.5 Å². The zero-order valence-electron chi connectivity index (χ0n) is 9.44. The normalized spacial score (nSPS) is 16.5. The van der Waals surface area contributed by atoms with Gasteiger partial charge in [-0.2, -0.15) is 0 Å². The van der Waals surface area contributed by atoms with Crippen LogP contribution in [0.5, 0.6) is 0 Å². The Bertz CT molecular complexity index is 629. The van der Waals surface area contributed by atoms with Crippen LogP contribution in [0.2, 0.25) is 5.02 Å². The summed E-state index contributed by atoms with van der Waals surface area (Å²) in [5.74, 6) is 0.576. The topological polar surface area (TPSA) is 42.2 Å². The Morgan fingerprint density at radius 3 is 3.00 bits per heavy atom. The number of fused-ring (bicyclic) bond motifs is 1. The Labute approximate surface area is 109 Å². The fourth-order valence-electron chi connectivity index (χ4n) is 1.98. The highest BCUT2D eigenvalue weighted by atomic mass is 35.5. The van der Waals surface area contributed by atoms with Crippen molar-refractivity contribution in [1.29, 1.82) is 0 Å². The largest absolute Gasteiger partial charge is 0.465 e. The average Bonchev–Trinajstić information content (AvgIpc) is 2.83. The quantitative estimate of drug-likeness (QED) is 0.797. The van der Waals surface area contributed by atoms with Gasteiger partial charge in [-0.1, -0.05) is 11.6 Å². The minimum atomic E-state index is -0.0961. The number of halogens is 1. The summed E-state index contributed by atoms with van der Waals surface area (Å²) >= 11 is 5.95. The lowest BCUT2D eigenvalue weighted by atomic mass is 9.98. The van der Waals surface area contributed by atoms with E-state index in [0.29, 0.717) is 22.8 Å². The molecule has 1 aromatic heterocycles. The van der Waals surface area contributed by atoms with Gasteiger partial charge < -0.3 is 9.73 Å². The van der Waals surface area contributed by atoms with Gasteiger partial charge >= 0.3 is 0 Å². The van der Waals surface area contributed by atoms with E-state index in [9.17, 15) is 4.79 Å². The second-order valence-electron chi connectivity index (χ2n) is 4.12. The average molecular weight is 260 g/mol. The fraction of sp³-hybridized carbons (Fsp3) is 0.0714. The summed E-state index contributed by atoms with van der Waals surface area (Å²) in [5, 5.41) is 3.51. The molecule has 0 unspecified atom stereocenters. The zero-order valence-corrected chi connectivity index (χ0v) is 10.2. The van der Waals surface area contributed by atoms with Crippen LogP contribution >= 0.6 is 11.6 Å². The molecule has 2 aromatic rings. The molecule has 0 saturated carbocycles. The van der Waals surface area contributed by atoms with Crippen molar-refractivity contribution in [2.75, 3.05) is 5.32 Å². The first-order valence-corrected chi connectivity index (χ1v) is 5.94. The minimum Gasteiger partial charge on any atom is -0.465 e. The Balaban J connectivity index is 1.98. The second kappa shape index (κ2) is 4.35. The van der Waals surface area contributed by atoms with Crippen molar-refractivity contribution in [1.82, 2.24) is 0 Å². The lowest BCUT2D eigenvalue weighted by Gasteiger charge is -2.19. The minimum absolute atomic E-state index is 0.0961. The maximum absolute atomic E-state index is 11.9. The van der Waals surface area contributed by atoms with E-state index in [0.717, 1.165) is 11.3 Å². The molecule has 0 spiro atoms. The molecule has 0 saturated heterocycles. The smallest absolute Gasteiger partial charge is 0.252 e. The second-order valence-corrected chi connectivity index (χ2v) is 4.55. The van der Waals surface area contributed by atoms with Crippen LogP contribution in [0.15, 0.2) is 46.6 Å². The number of hydrogen-bond acceptors (Lipinski definition) is 2. The van der Waals surface area contributed by atoms with Crippen LogP contribution in [0.25, 0.3) is 6.08 Å². The highest BCUT2D eigenvalue weighted by Crippen LogP contribution is 2.28. The summed E-state index contributed by atoms with van der Waals surface area (Å²) in [6.45, 7) is 0. The van der Waals surface area contributed by atoms with E-state index in [-0.39, 0.29) is 5.91 Å². The lowest BCUT2D eigenvalue weighted by Crippen LogP contribution is -2.22. The number of rotatable bonds is 1. The van der Waals surface area contributed by atoms with Crippen LogP contribution in [0.1, 0.15) is 11.3 Å². The Morgan fingerprint density at radius 2 is 2.22 bits per heavy atom. The van der Waals surface area contributed by atoms with Gasteiger partial charge in [0.1, 0.15) is 5.76 Å². The summed E-state index contributed by atoms with van der Waals surface area (Å²) < 4.78 is 5.21. The predicted octanol–water partition coefficient (Wildman–Crippen LogP) is 3.51. The van der Waals surface area contributed by atoms with Crippen molar-refractivity contribution in [2.24, 2.45) is 0 Å². The van der Waals surface area contributed by atoms with Gasteiger partial charge in [0.15, 0.2) is 0 Å². The molecule has 0 bridgehead atoms. The van der Waals surface area contributed by atoms with Gasteiger partial charge in [0.25, 0.3) is 5.91 Å². The number of carbonyl (C=O) groups is 1. The summed E-state index contributed by atoms with van der Waals surface area (Å²) in [7, 11) is 0. The van der Waals surface area contributed by atoms with Gasteiger partial charge in [-0.25, -0.2) is 0 Å². The molecule has 1 aliphatic rings. The van der Waals surface area contributed by atoms with Gasteiger partial charge in [-0.15, -0.1) is 0 Å². The zero-order chi connectivity index (χ0) is 12.5. The van der Waals surface area contributed by atoms with Crippen LogP contribution in [0.4, 0.5) is 5.69 Å². The van der Waals surface area contributed by atoms with Crippen molar-refractivity contribution in [2.45, 2.75) is 6.42 Å². The Kier molecular flexibility index (Phi) is 2.68. The van der Waals surface area contributed by atoms with Crippen molar-refractivity contribution in [3.8, 4) is 0 Å². The van der Waals surface area contributed by atoms with Crippen LogP contribution in [-0.4, -0.2) is 5.91 Å². The first-order valence-electron chi connectivity index (χ1n) is 5.56. The van der Waals surface area contributed by atoms with E-state index < -0.39 is 0 Å². The molecule has 18 heavy (non-hydrogen) atoms. The summed E-state index contributed by atoms with van der Waals surface area (Å²) in [6, 6.07) is 9.05. The number of carbonyl (C=O) groups excluding carboxylic acids is 1. The van der Waals surface area contributed by atoms with Crippen LogP contribution in [0, 0.1) is 0 Å². The molecule has 0 fully saturated rings. The van der Waals surface area contributed by atoms with Crippen molar-refractivity contribution in [3.63, 3.8) is 0 Å². The molecule has 4 heteroatoms. The third-order valence-corrected chi connectivity index (χ3v) is 3.08. The molecule has 2 heterocycles. The SMILES string of the molecule is O=C1Nc2ccc(Cl)cc2C/C1=C\c1ccco1. The number of furan rings is 1. The number of anilines is 1. The Hall–Kier alpha value is -2.00. The van der Waals surface area contributed by atoms with Gasteiger partial charge in [-0.05, 0) is 42.0 Å². The molecule has 3 nitrogen and oxygen atoms in total. The third-order valence-electron chi connectivity index (χ3n) is 2.85. The predicted molar refractivity (Wildman–Crippen MR) is 70.5 cm³/mol. The summed E-state index contributed by atoms with van der Waals surface area (Å²) in [6.07, 6.45) is 3.89. The molecular weight excluding hydrogens is 250 g/mol. The van der Waals surface area contributed by atoms with E-state index in [1.54, 1.807) is 24.5 Å².